The number of hydrogen-bond donors (Lipinski definition) is 1. The van der Waals surface area contributed by atoms with Crippen molar-refractivity contribution >= 4 is 46.2 Å². The lowest BCUT2D eigenvalue weighted by Crippen LogP contribution is -2.29. The van der Waals surface area contributed by atoms with Crippen LogP contribution in [0.1, 0.15) is 29.1 Å². The molecule has 0 radical (unpaired) electrons. The van der Waals surface area contributed by atoms with Gasteiger partial charge in [-0.15, -0.1) is 0 Å². The Morgan fingerprint density at radius 2 is 1.88 bits per heavy atom. The molecular formula is C25H18Cl2FN3OS. The molecule has 5 rings (SSSR count). The average Bonchev–Trinajstić information content (AvgIpc) is 3.43. The number of pyridine rings is 1. The van der Waals surface area contributed by atoms with E-state index in [1.165, 1.54) is 6.07 Å². The van der Waals surface area contributed by atoms with Crippen LogP contribution in [0.4, 0.5) is 10.1 Å². The Morgan fingerprint density at radius 3 is 2.61 bits per heavy atom. The number of thiocarbonyl (C=S) groups is 1. The molecule has 1 N–H and O–H groups in total. The molecule has 0 unspecified atom stereocenters. The van der Waals surface area contributed by atoms with Gasteiger partial charge in [0.15, 0.2) is 5.11 Å². The molecule has 0 amide bonds. The molecule has 0 aliphatic carbocycles. The second kappa shape index (κ2) is 8.78. The number of nitrogens with one attached hydrogen (secondary N) is 1. The first-order chi connectivity index (χ1) is 15.9. The van der Waals surface area contributed by atoms with Crippen LogP contribution < -0.4 is 10.2 Å². The second-order valence-corrected chi connectivity index (χ2v) is 8.96. The number of aryl methyl sites for hydroxylation is 1. The van der Waals surface area contributed by atoms with Crippen LogP contribution in [0.15, 0.2) is 77.3 Å². The summed E-state index contributed by atoms with van der Waals surface area (Å²) in [7, 11) is 0. The summed E-state index contributed by atoms with van der Waals surface area (Å²) in [6, 6.07) is 19.2. The van der Waals surface area contributed by atoms with Gasteiger partial charge in [-0.05, 0) is 85.4 Å². The van der Waals surface area contributed by atoms with Crippen LogP contribution in [-0.4, -0.2) is 10.1 Å². The number of benzene rings is 2. The Labute approximate surface area is 206 Å². The minimum Gasteiger partial charge on any atom is -0.459 e. The molecule has 166 valence electrons. The summed E-state index contributed by atoms with van der Waals surface area (Å²) >= 11 is 18.0. The highest BCUT2D eigenvalue weighted by atomic mass is 35.5. The van der Waals surface area contributed by atoms with Crippen molar-refractivity contribution in [3.05, 3.63) is 106 Å². The van der Waals surface area contributed by atoms with Crippen LogP contribution in [-0.2, 0) is 0 Å². The molecule has 4 aromatic rings. The molecule has 1 fully saturated rings. The fraction of sp³-hybridized carbons (Fsp3) is 0.120. The van der Waals surface area contributed by atoms with Gasteiger partial charge in [-0.2, -0.15) is 0 Å². The van der Waals surface area contributed by atoms with Gasteiger partial charge >= 0.3 is 0 Å². The lowest BCUT2D eigenvalue weighted by atomic mass is 10.0. The number of hydrogen-bond acceptors (Lipinski definition) is 3. The van der Waals surface area contributed by atoms with E-state index in [1.807, 2.05) is 41.3 Å². The van der Waals surface area contributed by atoms with Crippen molar-refractivity contribution in [3.8, 4) is 11.3 Å². The standard InChI is InChI=1S/C25H18Cl2FN3OS/c1-14-12-16(6-8-19(14)28)31-24(23(30-25(31)33)20-4-2-3-11-29-20)22-10-9-21(32-22)15-5-7-17(26)18(27)13-15/h2-13,23-24H,1H3,(H,30,33)/t23-,24-/m1/s1. The van der Waals surface area contributed by atoms with Crippen molar-refractivity contribution in [1.29, 1.82) is 0 Å². The highest BCUT2D eigenvalue weighted by Crippen LogP contribution is 2.43. The largest absolute Gasteiger partial charge is 0.459 e. The van der Waals surface area contributed by atoms with E-state index in [2.05, 4.69) is 10.3 Å². The number of furan rings is 1. The van der Waals surface area contributed by atoms with Crippen molar-refractivity contribution in [1.82, 2.24) is 10.3 Å². The second-order valence-electron chi connectivity index (χ2n) is 7.76. The van der Waals surface area contributed by atoms with Gasteiger partial charge in [0, 0.05) is 17.4 Å². The summed E-state index contributed by atoms with van der Waals surface area (Å²) in [4.78, 5) is 6.48. The minimum absolute atomic E-state index is 0.267. The zero-order valence-corrected chi connectivity index (χ0v) is 19.8. The molecule has 1 saturated heterocycles. The third kappa shape index (κ3) is 4.10. The van der Waals surface area contributed by atoms with Crippen LogP contribution in [0, 0.1) is 12.7 Å². The van der Waals surface area contributed by atoms with Gasteiger partial charge in [0.05, 0.1) is 21.8 Å². The minimum atomic E-state index is -0.339. The summed E-state index contributed by atoms with van der Waals surface area (Å²) in [6.07, 6.45) is 1.74. The predicted molar refractivity (Wildman–Crippen MR) is 133 cm³/mol. The molecule has 2 aromatic heterocycles. The van der Waals surface area contributed by atoms with Gasteiger partial charge in [0.2, 0.25) is 0 Å². The SMILES string of the molecule is Cc1cc(N2C(=S)N[C@H](c3ccccn3)[C@H]2c2ccc(-c3ccc(Cl)c(Cl)c3)o2)ccc1F. The van der Waals surface area contributed by atoms with E-state index < -0.39 is 0 Å². The summed E-state index contributed by atoms with van der Waals surface area (Å²) in [5, 5.41) is 4.81. The molecule has 3 heterocycles. The first-order valence-electron chi connectivity index (χ1n) is 10.2. The summed E-state index contributed by atoms with van der Waals surface area (Å²) in [5.41, 5.74) is 2.93. The number of nitrogens with zero attached hydrogens (tertiary/aromatic N) is 2. The lowest BCUT2D eigenvalue weighted by Gasteiger charge is -2.26. The normalized spacial score (nSPS) is 17.9. The van der Waals surface area contributed by atoms with Crippen LogP contribution in [0.5, 0.6) is 0 Å². The van der Waals surface area contributed by atoms with Gasteiger partial charge in [-0.25, -0.2) is 4.39 Å². The first-order valence-corrected chi connectivity index (χ1v) is 11.4. The third-order valence-electron chi connectivity index (χ3n) is 5.64. The van der Waals surface area contributed by atoms with E-state index in [4.69, 9.17) is 39.8 Å². The van der Waals surface area contributed by atoms with Gasteiger partial charge < -0.3 is 14.6 Å². The predicted octanol–water partition coefficient (Wildman–Crippen LogP) is 7.27. The molecular weight excluding hydrogens is 480 g/mol. The molecule has 1 aliphatic heterocycles. The molecule has 2 aromatic carbocycles. The number of aromatic nitrogens is 1. The van der Waals surface area contributed by atoms with E-state index in [1.54, 1.807) is 37.4 Å². The van der Waals surface area contributed by atoms with Gasteiger partial charge in [-0.1, -0.05) is 29.3 Å². The van der Waals surface area contributed by atoms with Gasteiger partial charge in [0.25, 0.3) is 0 Å². The molecule has 8 heteroatoms. The summed E-state index contributed by atoms with van der Waals surface area (Å²) in [6.45, 7) is 1.73. The Hall–Kier alpha value is -2.93. The molecule has 4 nitrogen and oxygen atoms in total. The third-order valence-corrected chi connectivity index (χ3v) is 6.69. The van der Waals surface area contributed by atoms with Gasteiger partial charge in [-0.3, -0.25) is 4.98 Å². The summed E-state index contributed by atoms with van der Waals surface area (Å²) < 4.78 is 20.3. The number of anilines is 1. The Balaban J connectivity index is 1.61. The number of halogens is 3. The maximum Gasteiger partial charge on any atom is 0.174 e. The van der Waals surface area contributed by atoms with E-state index in [-0.39, 0.29) is 17.9 Å². The Kier molecular flexibility index (Phi) is 5.83. The monoisotopic (exact) mass is 497 g/mol. The lowest BCUT2D eigenvalue weighted by molar-refractivity contribution is 0.439. The molecule has 1 aliphatic rings. The highest BCUT2D eigenvalue weighted by molar-refractivity contribution is 7.80. The maximum atomic E-state index is 14.0. The first kappa shape index (κ1) is 21.9. The zero-order valence-electron chi connectivity index (χ0n) is 17.4. The molecule has 33 heavy (non-hydrogen) atoms. The molecule has 0 spiro atoms. The average molecular weight is 498 g/mol. The fourth-order valence-electron chi connectivity index (χ4n) is 4.02. The van der Waals surface area contributed by atoms with Crippen LogP contribution >= 0.6 is 35.4 Å². The number of rotatable bonds is 4. The summed E-state index contributed by atoms with van der Waals surface area (Å²) in [5.74, 6) is 1.06. The van der Waals surface area contributed by atoms with E-state index >= 15 is 0 Å². The smallest absolute Gasteiger partial charge is 0.174 e. The van der Waals surface area contributed by atoms with Crippen molar-refractivity contribution in [2.24, 2.45) is 0 Å². The topological polar surface area (TPSA) is 41.3 Å². The quantitative estimate of drug-likeness (QED) is 0.300. The van der Waals surface area contributed by atoms with Crippen LogP contribution in [0.3, 0.4) is 0 Å². The van der Waals surface area contributed by atoms with Gasteiger partial charge in [0.1, 0.15) is 23.4 Å². The van der Waals surface area contributed by atoms with E-state index in [9.17, 15) is 4.39 Å². The maximum absolute atomic E-state index is 14.0. The van der Waals surface area contributed by atoms with Crippen molar-refractivity contribution < 1.29 is 8.81 Å². The highest BCUT2D eigenvalue weighted by Gasteiger charge is 2.42. The Bertz CT molecular complexity index is 1340. The Morgan fingerprint density at radius 1 is 1.03 bits per heavy atom. The van der Waals surface area contributed by atoms with E-state index in [0.29, 0.717) is 32.2 Å². The fourth-order valence-corrected chi connectivity index (χ4v) is 4.66. The molecule has 0 saturated carbocycles. The zero-order chi connectivity index (χ0) is 23.1. The van der Waals surface area contributed by atoms with E-state index in [0.717, 1.165) is 16.9 Å². The van der Waals surface area contributed by atoms with Crippen LogP contribution in [0.2, 0.25) is 10.0 Å². The van der Waals surface area contributed by atoms with Crippen molar-refractivity contribution in [3.63, 3.8) is 0 Å². The van der Waals surface area contributed by atoms with Crippen molar-refractivity contribution in [2.75, 3.05) is 4.90 Å². The van der Waals surface area contributed by atoms with Crippen LogP contribution in [0.25, 0.3) is 11.3 Å². The molecule has 0 bridgehead atoms. The molecule has 2 atom stereocenters. The van der Waals surface area contributed by atoms with Crippen molar-refractivity contribution in [2.45, 2.75) is 19.0 Å².